The van der Waals surface area contributed by atoms with Gasteiger partial charge in [0.2, 0.25) is 5.72 Å². The Balaban J connectivity index is 1.80. The lowest BCUT2D eigenvalue weighted by atomic mass is 9.84. The zero-order valence-electron chi connectivity index (χ0n) is 14.4. The van der Waals surface area contributed by atoms with Crippen LogP contribution in [0.3, 0.4) is 0 Å². The van der Waals surface area contributed by atoms with Crippen molar-refractivity contribution in [2.24, 2.45) is 0 Å². The van der Waals surface area contributed by atoms with Crippen molar-refractivity contribution in [3.8, 4) is 16.9 Å². The van der Waals surface area contributed by atoms with E-state index in [0.29, 0.717) is 0 Å². The molecule has 5 rings (SSSR count). The van der Waals surface area contributed by atoms with E-state index in [0.717, 1.165) is 16.9 Å². The molecule has 3 aromatic carbocycles. The molecule has 0 bridgehead atoms. The molecule has 122 valence electrons. The van der Waals surface area contributed by atoms with Crippen molar-refractivity contribution in [2.45, 2.75) is 12.6 Å². The predicted molar refractivity (Wildman–Crippen MR) is 103 cm³/mol. The summed E-state index contributed by atoms with van der Waals surface area (Å²) in [5, 5.41) is 0. The summed E-state index contributed by atoms with van der Waals surface area (Å²) in [6.07, 6.45) is 4.37. The van der Waals surface area contributed by atoms with Gasteiger partial charge in [0.05, 0.1) is 0 Å². The second-order valence-electron chi connectivity index (χ2n) is 6.75. The molecule has 25 heavy (non-hydrogen) atoms. The maximum atomic E-state index is 6.73. The Kier molecular flexibility index (Phi) is 2.87. The number of benzene rings is 3. The van der Waals surface area contributed by atoms with Crippen LogP contribution in [0.25, 0.3) is 17.2 Å². The quantitative estimate of drug-likeness (QED) is 0.551. The van der Waals surface area contributed by atoms with E-state index in [4.69, 9.17) is 4.74 Å². The lowest BCUT2D eigenvalue weighted by Gasteiger charge is -2.47. The molecule has 2 heterocycles. The van der Waals surface area contributed by atoms with Gasteiger partial charge in [-0.1, -0.05) is 60.7 Å². The normalized spacial score (nSPS) is 19.8. The SMILES string of the molecule is Cc1cccc2c1OC1(C=C2)c2ccccc2-c2ccccc2N1C. The fourth-order valence-electron chi connectivity index (χ4n) is 4.05. The maximum Gasteiger partial charge on any atom is 0.229 e. The zero-order chi connectivity index (χ0) is 17.0. The molecule has 2 aliphatic heterocycles. The number of anilines is 1. The Labute approximate surface area is 148 Å². The van der Waals surface area contributed by atoms with Crippen molar-refractivity contribution in [1.82, 2.24) is 0 Å². The first-order valence-electron chi connectivity index (χ1n) is 8.61. The van der Waals surface area contributed by atoms with Gasteiger partial charge in [0.15, 0.2) is 0 Å². The summed E-state index contributed by atoms with van der Waals surface area (Å²) in [5.74, 6) is 0.964. The highest BCUT2D eigenvalue weighted by Gasteiger charge is 2.45. The summed E-state index contributed by atoms with van der Waals surface area (Å²) >= 11 is 0. The number of nitrogens with zero attached hydrogens (tertiary/aromatic N) is 1. The lowest BCUT2D eigenvalue weighted by molar-refractivity contribution is 0.115. The molecule has 2 nitrogen and oxygen atoms in total. The second-order valence-corrected chi connectivity index (χ2v) is 6.75. The first kappa shape index (κ1) is 14.4. The average Bonchev–Trinajstić information content (AvgIpc) is 2.67. The Morgan fingerprint density at radius 3 is 2.48 bits per heavy atom. The van der Waals surface area contributed by atoms with Gasteiger partial charge in [-0.25, -0.2) is 0 Å². The molecular weight excluding hydrogens is 306 g/mol. The molecule has 0 radical (unpaired) electrons. The fraction of sp³-hybridized carbons (Fsp3) is 0.130. The van der Waals surface area contributed by atoms with Gasteiger partial charge in [0.25, 0.3) is 0 Å². The van der Waals surface area contributed by atoms with E-state index in [1.54, 1.807) is 0 Å². The Morgan fingerprint density at radius 1 is 0.840 bits per heavy atom. The van der Waals surface area contributed by atoms with Crippen LogP contribution in [0.15, 0.2) is 72.8 Å². The molecule has 1 atom stereocenters. The number of para-hydroxylation sites is 2. The van der Waals surface area contributed by atoms with Gasteiger partial charge in [-0.05, 0) is 36.3 Å². The summed E-state index contributed by atoms with van der Waals surface area (Å²) < 4.78 is 6.73. The van der Waals surface area contributed by atoms with Crippen molar-refractivity contribution in [2.75, 3.05) is 11.9 Å². The smallest absolute Gasteiger partial charge is 0.229 e. The molecule has 0 aromatic heterocycles. The Hall–Kier alpha value is -3.00. The third kappa shape index (κ3) is 1.85. The third-order valence-corrected chi connectivity index (χ3v) is 5.36. The van der Waals surface area contributed by atoms with Crippen LogP contribution in [0.5, 0.6) is 5.75 Å². The largest absolute Gasteiger partial charge is 0.459 e. The summed E-state index contributed by atoms with van der Waals surface area (Å²) in [4.78, 5) is 2.25. The van der Waals surface area contributed by atoms with Crippen molar-refractivity contribution in [3.63, 3.8) is 0 Å². The van der Waals surface area contributed by atoms with Crippen LogP contribution >= 0.6 is 0 Å². The van der Waals surface area contributed by atoms with Gasteiger partial charge in [-0.15, -0.1) is 0 Å². The minimum absolute atomic E-state index is 0.621. The first-order chi connectivity index (χ1) is 12.2. The minimum atomic E-state index is -0.621. The van der Waals surface area contributed by atoms with E-state index in [9.17, 15) is 0 Å². The minimum Gasteiger partial charge on any atom is -0.459 e. The molecule has 0 aliphatic carbocycles. The second kappa shape index (κ2) is 5.00. The van der Waals surface area contributed by atoms with E-state index in [2.05, 4.69) is 97.8 Å². The number of ether oxygens (including phenoxy) is 1. The molecule has 0 fully saturated rings. The van der Waals surface area contributed by atoms with Gasteiger partial charge < -0.3 is 9.64 Å². The summed E-state index contributed by atoms with van der Waals surface area (Å²) in [6.45, 7) is 2.11. The zero-order valence-corrected chi connectivity index (χ0v) is 14.4. The molecule has 1 spiro atoms. The fourth-order valence-corrected chi connectivity index (χ4v) is 4.05. The molecule has 2 heteroatoms. The van der Waals surface area contributed by atoms with Crippen molar-refractivity contribution in [3.05, 3.63) is 89.5 Å². The summed E-state index contributed by atoms with van der Waals surface area (Å²) in [6, 6.07) is 23.4. The average molecular weight is 325 g/mol. The van der Waals surface area contributed by atoms with Crippen LogP contribution in [-0.4, -0.2) is 7.05 Å². The number of hydrogen-bond donors (Lipinski definition) is 0. The molecule has 0 N–H and O–H groups in total. The van der Waals surface area contributed by atoms with Gasteiger partial charge in [0, 0.05) is 29.4 Å². The molecule has 1 unspecified atom stereocenters. The van der Waals surface area contributed by atoms with Crippen LogP contribution in [0.2, 0.25) is 0 Å². The van der Waals surface area contributed by atoms with Crippen LogP contribution < -0.4 is 9.64 Å². The van der Waals surface area contributed by atoms with Crippen LogP contribution in [0.4, 0.5) is 5.69 Å². The predicted octanol–water partition coefficient (Wildman–Crippen LogP) is 5.37. The van der Waals surface area contributed by atoms with E-state index in [-0.39, 0.29) is 0 Å². The molecule has 0 saturated carbocycles. The highest BCUT2D eigenvalue weighted by atomic mass is 16.5. The van der Waals surface area contributed by atoms with E-state index in [1.807, 2.05) is 0 Å². The Morgan fingerprint density at radius 2 is 1.60 bits per heavy atom. The van der Waals surface area contributed by atoms with Crippen LogP contribution in [0, 0.1) is 6.92 Å². The highest BCUT2D eigenvalue weighted by Crippen LogP contribution is 2.50. The summed E-state index contributed by atoms with van der Waals surface area (Å²) in [7, 11) is 2.11. The standard InChI is InChI=1S/C23H19NO/c1-16-8-7-9-17-14-15-23(25-22(16)17)20-12-5-3-10-18(20)19-11-4-6-13-21(19)24(23)2/h3-15H,1-2H3. The molecule has 0 saturated heterocycles. The van der Waals surface area contributed by atoms with E-state index >= 15 is 0 Å². The monoisotopic (exact) mass is 325 g/mol. The number of rotatable bonds is 0. The summed E-state index contributed by atoms with van der Waals surface area (Å²) in [5.41, 5.74) is 6.52. The third-order valence-electron chi connectivity index (χ3n) is 5.36. The molecular formula is C23H19NO. The van der Waals surface area contributed by atoms with E-state index < -0.39 is 5.72 Å². The highest BCUT2D eigenvalue weighted by molar-refractivity contribution is 5.87. The van der Waals surface area contributed by atoms with Crippen molar-refractivity contribution in [1.29, 1.82) is 0 Å². The van der Waals surface area contributed by atoms with Crippen LogP contribution in [0.1, 0.15) is 16.7 Å². The van der Waals surface area contributed by atoms with Crippen LogP contribution in [-0.2, 0) is 5.72 Å². The van der Waals surface area contributed by atoms with Gasteiger partial charge >= 0.3 is 0 Å². The molecule has 0 amide bonds. The molecule has 3 aromatic rings. The maximum absolute atomic E-state index is 6.73. The van der Waals surface area contributed by atoms with Gasteiger partial charge in [0.1, 0.15) is 5.75 Å². The number of hydrogen-bond acceptors (Lipinski definition) is 2. The topological polar surface area (TPSA) is 12.5 Å². The first-order valence-corrected chi connectivity index (χ1v) is 8.61. The van der Waals surface area contributed by atoms with E-state index in [1.165, 1.54) is 22.4 Å². The number of fused-ring (bicyclic) bond motifs is 5. The number of aryl methyl sites for hydroxylation is 1. The lowest BCUT2D eigenvalue weighted by Crippen LogP contribution is -2.50. The van der Waals surface area contributed by atoms with Gasteiger partial charge in [-0.3, -0.25) is 0 Å². The number of likely N-dealkylation sites (N-methyl/N-ethyl adjacent to an activating group) is 1. The van der Waals surface area contributed by atoms with Gasteiger partial charge in [-0.2, -0.15) is 0 Å². The molecule has 2 aliphatic rings. The van der Waals surface area contributed by atoms with Crippen molar-refractivity contribution >= 4 is 11.8 Å². The Bertz CT molecular complexity index is 1020. The van der Waals surface area contributed by atoms with Crippen molar-refractivity contribution < 1.29 is 4.74 Å².